The number of aryl methyl sites for hydroxylation is 10. The number of thiophene rings is 2. The van der Waals surface area contributed by atoms with E-state index in [0.29, 0.717) is 0 Å². The number of furan rings is 1. The maximum absolute atomic E-state index is 6.12. The molecule has 0 amide bonds. The number of fused-ring (bicyclic) bond motifs is 30. The zero-order valence-corrected chi connectivity index (χ0v) is 71.5. The molecule has 9 heterocycles. The molecule has 0 aliphatic heterocycles. The van der Waals surface area contributed by atoms with Crippen molar-refractivity contribution in [2.45, 2.75) is 92.9 Å². The second-order valence-electron chi connectivity index (χ2n) is 34.6. The monoisotopic (exact) mass is 1580 g/mol. The lowest BCUT2D eigenvalue weighted by molar-refractivity contribution is -0.660. The van der Waals surface area contributed by atoms with Gasteiger partial charge < -0.3 is 8.98 Å². The van der Waals surface area contributed by atoms with Crippen molar-refractivity contribution in [1.29, 1.82) is 0 Å². The van der Waals surface area contributed by atoms with Crippen LogP contribution < -0.4 is 22.8 Å². The van der Waals surface area contributed by atoms with Crippen molar-refractivity contribution in [3.63, 3.8) is 0 Å². The average Bonchev–Trinajstić information content (AvgIpc) is 1.56. The van der Waals surface area contributed by atoms with Crippen molar-refractivity contribution in [3.05, 3.63) is 368 Å². The van der Waals surface area contributed by atoms with Gasteiger partial charge in [-0.05, 0) is 285 Å². The van der Waals surface area contributed by atoms with E-state index in [1.807, 2.05) is 34.8 Å². The van der Waals surface area contributed by atoms with Crippen LogP contribution in [0, 0.1) is 41.5 Å². The Morgan fingerprint density at radius 2 is 0.723 bits per heavy atom. The van der Waals surface area contributed by atoms with Crippen molar-refractivity contribution in [3.8, 4) is 72.6 Å². The molecule has 0 unspecified atom stereocenters. The summed E-state index contributed by atoms with van der Waals surface area (Å²) in [6.07, 6.45) is 16.0. The largest absolute Gasteiger partial charge is 0.449 e. The quantitative estimate of drug-likeness (QED) is 0.151. The summed E-state index contributed by atoms with van der Waals surface area (Å²) >= 11 is 3.84. The highest BCUT2D eigenvalue weighted by atomic mass is 32.1. The Morgan fingerprint density at radius 1 is 0.303 bits per heavy atom. The molecule has 119 heavy (non-hydrogen) atoms. The molecule has 0 bridgehead atoms. The van der Waals surface area contributed by atoms with Crippen LogP contribution in [0.3, 0.4) is 0 Å². The van der Waals surface area contributed by atoms with Crippen LogP contribution in [0.2, 0.25) is 0 Å². The van der Waals surface area contributed by atoms with Gasteiger partial charge in [-0.2, -0.15) is 18.3 Å². The minimum Gasteiger partial charge on any atom is -0.449 e. The van der Waals surface area contributed by atoms with Crippen LogP contribution in [-0.2, 0) is 72.8 Å². The van der Waals surface area contributed by atoms with E-state index < -0.39 is 0 Å². The average molecular weight is 1580 g/mol. The summed E-state index contributed by atoms with van der Waals surface area (Å²) in [6, 6.07) is 86.5. The third kappa shape index (κ3) is 11.1. The number of nitrogens with zero attached hydrogens (tertiary/aromatic N) is 6. The second kappa shape index (κ2) is 27.4. The van der Waals surface area contributed by atoms with Gasteiger partial charge in [0, 0.05) is 55.9 Å². The molecule has 6 aliphatic rings. The Bertz CT molecular complexity index is 7640. The third-order valence-corrected chi connectivity index (χ3v) is 29.3. The maximum Gasteiger partial charge on any atom is 0.259 e. The summed E-state index contributed by atoms with van der Waals surface area (Å²) in [5.74, 6) is 0. The standard InChI is InChI=1S/C26H21N2.C23H22N.C21H18NS.C20H16NO.C20H16NS/c1-17-24-19(15-18-9-6-7-12-21(18)24)16-23-25(17)26-22(13-8-14-27(26)2)28(23)20-10-4-3-5-11-20;1-14-20-16(12-15-8-5-6-9-17(15)20)13-19-21(14)22-18(23(19,2)3)10-7-11-24(22)4;1-12-8-18-21(22(3)11-12)20-13(2)19-15(10-17(20)23-18)9-14-6-4-5-7-16(14)19;2*1-12-18-14(10-13-6-3-4-7-15(13)18)11-17-19(12)20-16(22-17)8-5-9-21(20)2/h3-14,16H,15H2,1-2H3;5-11,13H,12H2,1-4H3;4-8,10-11H,9H2,1-3H3;2*3-9,11H,10H2,1-2H3/q5*+1. The highest BCUT2D eigenvalue weighted by molar-refractivity contribution is 7.26. The molecule has 20 aromatic rings. The molecule has 0 spiro atoms. The SMILES string of the molecule is Cc1c2c(cc3c1-c1c(ccc[n+]1C)C3(C)C)Cc1ccccc1-2.Cc1c2c(cc3c1c1c(ccc[n+]1C)n3-c1ccccc1)Cc1ccccc1-2.Cc1c2c(cc3oc4ccc[n+](C)c4c13)Cc1ccccc1-2.Cc1c2c(cc3sc4ccc[n+](C)c4c13)Cc1ccccc1-2.Cc1cc2sc3cc4c(c(C)c3c2[n+](C)c1)-c1ccccc1C4. The van der Waals surface area contributed by atoms with Crippen molar-refractivity contribution in [2.75, 3.05) is 0 Å². The van der Waals surface area contributed by atoms with E-state index in [0.717, 1.165) is 43.3 Å². The van der Waals surface area contributed by atoms with Crippen LogP contribution in [0.5, 0.6) is 0 Å². The fraction of sp³-hybridized carbons (Fsp3) is 0.173. The zero-order chi connectivity index (χ0) is 80.9. The molecule has 0 radical (unpaired) electrons. The van der Waals surface area contributed by atoms with Gasteiger partial charge in [0.15, 0.2) is 36.6 Å². The van der Waals surface area contributed by atoms with Crippen molar-refractivity contribution in [2.24, 2.45) is 35.2 Å². The Hall–Kier alpha value is -12.8. The highest BCUT2D eigenvalue weighted by Crippen LogP contribution is 2.55. The summed E-state index contributed by atoms with van der Waals surface area (Å²) in [5, 5.41) is 5.47. The lowest BCUT2D eigenvalue weighted by Gasteiger charge is -2.21. The predicted octanol–water partition coefficient (Wildman–Crippen LogP) is 24.3. The first-order valence-corrected chi connectivity index (χ1v) is 43.6. The maximum atomic E-state index is 6.12. The summed E-state index contributed by atoms with van der Waals surface area (Å²) in [4.78, 5) is 0. The minimum absolute atomic E-state index is 0.0677. The molecule has 0 N–H and O–H groups in total. The fourth-order valence-corrected chi connectivity index (χ4v) is 24.7. The molecule has 6 aliphatic carbocycles. The molecular weight excluding hydrogens is 1490 g/mol. The van der Waals surface area contributed by atoms with Gasteiger partial charge in [-0.1, -0.05) is 159 Å². The number of para-hydroxylation sites is 1. The molecule has 26 rings (SSSR count). The number of aromatic nitrogens is 6. The summed E-state index contributed by atoms with van der Waals surface area (Å²) in [7, 11) is 10.7. The van der Waals surface area contributed by atoms with Gasteiger partial charge in [0.2, 0.25) is 22.2 Å². The number of pyridine rings is 5. The molecule has 0 saturated heterocycles. The first kappa shape index (κ1) is 72.7. The lowest BCUT2D eigenvalue weighted by atomic mass is 9.81. The molecule has 11 aromatic carbocycles. The van der Waals surface area contributed by atoms with E-state index in [1.165, 1.54) is 246 Å². The number of benzene rings is 11. The normalized spacial score (nSPS) is 13.3. The Morgan fingerprint density at radius 3 is 1.28 bits per heavy atom. The molecule has 576 valence electrons. The van der Waals surface area contributed by atoms with Gasteiger partial charge in [-0.25, -0.2) is 4.57 Å². The van der Waals surface area contributed by atoms with Crippen LogP contribution >= 0.6 is 22.7 Å². The molecule has 9 heteroatoms. The molecule has 0 atom stereocenters. The van der Waals surface area contributed by atoms with Crippen LogP contribution in [0.4, 0.5) is 0 Å². The highest BCUT2D eigenvalue weighted by Gasteiger charge is 2.44. The first-order chi connectivity index (χ1) is 57.8. The summed E-state index contributed by atoms with van der Waals surface area (Å²) < 4.78 is 25.4. The van der Waals surface area contributed by atoms with Gasteiger partial charge >= 0.3 is 0 Å². The smallest absolute Gasteiger partial charge is 0.259 e. The summed E-state index contributed by atoms with van der Waals surface area (Å²) in [5.41, 5.74) is 54.0. The van der Waals surface area contributed by atoms with E-state index >= 15 is 0 Å². The topological polar surface area (TPSA) is 37.5 Å². The van der Waals surface area contributed by atoms with Crippen LogP contribution in [-0.4, -0.2) is 4.57 Å². The molecular formula is C110H93N6OS2+5. The predicted molar refractivity (Wildman–Crippen MR) is 493 cm³/mol. The van der Waals surface area contributed by atoms with Crippen molar-refractivity contribution in [1.82, 2.24) is 4.57 Å². The molecule has 0 saturated carbocycles. The molecule has 9 aromatic heterocycles. The van der Waals surface area contributed by atoms with Crippen molar-refractivity contribution < 1.29 is 27.3 Å². The van der Waals surface area contributed by atoms with Crippen LogP contribution in [0.1, 0.15) is 114 Å². The minimum atomic E-state index is 0.0677. The summed E-state index contributed by atoms with van der Waals surface area (Å²) in [6.45, 7) is 18.3. The second-order valence-corrected chi connectivity index (χ2v) is 36.8. The Kier molecular flexibility index (Phi) is 16.7. The Balaban J connectivity index is 0.0000000898. The van der Waals surface area contributed by atoms with Crippen LogP contribution in [0.15, 0.2) is 272 Å². The first-order valence-electron chi connectivity index (χ1n) is 41.9. The van der Waals surface area contributed by atoms with E-state index in [-0.39, 0.29) is 5.41 Å². The number of hydrogen-bond donors (Lipinski definition) is 0. The third-order valence-electron chi connectivity index (χ3n) is 27.2. The Labute approximate surface area is 702 Å². The zero-order valence-electron chi connectivity index (χ0n) is 69.8. The number of hydrogen-bond acceptors (Lipinski definition) is 3. The van der Waals surface area contributed by atoms with Crippen molar-refractivity contribution >= 4 is 107 Å². The van der Waals surface area contributed by atoms with Crippen LogP contribution in [0.25, 0.3) is 157 Å². The molecule has 7 nitrogen and oxygen atoms in total. The van der Waals surface area contributed by atoms with Gasteiger partial charge in [0.25, 0.3) is 5.52 Å². The van der Waals surface area contributed by atoms with Gasteiger partial charge in [0.05, 0.1) is 32.6 Å². The van der Waals surface area contributed by atoms with Gasteiger partial charge in [-0.15, -0.1) is 22.7 Å². The van der Waals surface area contributed by atoms with Gasteiger partial charge in [0.1, 0.15) is 55.7 Å². The van der Waals surface area contributed by atoms with E-state index in [1.54, 1.807) is 0 Å². The fourth-order valence-electron chi connectivity index (χ4n) is 22.1. The van der Waals surface area contributed by atoms with E-state index in [9.17, 15) is 0 Å². The molecule has 0 fully saturated rings. The number of rotatable bonds is 1. The van der Waals surface area contributed by atoms with E-state index in [4.69, 9.17) is 4.42 Å². The lowest BCUT2D eigenvalue weighted by Crippen LogP contribution is -2.31. The van der Waals surface area contributed by atoms with E-state index in [2.05, 4.69) is 373 Å². The van der Waals surface area contributed by atoms with Gasteiger partial charge in [-0.3, -0.25) is 0 Å².